The lowest BCUT2D eigenvalue weighted by molar-refractivity contribution is -0.132. The van der Waals surface area contributed by atoms with E-state index >= 15 is 0 Å². The highest BCUT2D eigenvalue weighted by Crippen LogP contribution is 2.28. The molecule has 0 bridgehead atoms. The monoisotopic (exact) mass is 387 g/mol. The Morgan fingerprint density at radius 2 is 1.82 bits per heavy atom. The number of aryl methyl sites for hydroxylation is 1. The zero-order chi connectivity index (χ0) is 19.3. The maximum atomic E-state index is 12.8. The average molecular weight is 388 g/mol. The molecule has 3 heterocycles. The average Bonchev–Trinajstić information content (AvgIpc) is 2.97. The molecule has 1 aromatic rings. The second-order valence-corrected chi connectivity index (χ2v) is 9.29. The molecular weight excluding hydrogens is 350 g/mol. The van der Waals surface area contributed by atoms with Crippen LogP contribution in [0.3, 0.4) is 0 Å². The van der Waals surface area contributed by atoms with Gasteiger partial charge in [-0.05, 0) is 51.0 Å². The number of likely N-dealkylation sites (N-methyl/N-ethyl adjacent to an activating group) is 1. The van der Waals surface area contributed by atoms with Gasteiger partial charge in [-0.2, -0.15) is 0 Å². The molecule has 6 heteroatoms. The van der Waals surface area contributed by atoms with Gasteiger partial charge >= 0.3 is 0 Å². The van der Waals surface area contributed by atoms with Gasteiger partial charge in [0.05, 0.1) is 6.54 Å². The van der Waals surface area contributed by atoms with Gasteiger partial charge < -0.3 is 9.47 Å². The summed E-state index contributed by atoms with van der Waals surface area (Å²) in [7, 11) is 2.00. The first-order valence-electron chi connectivity index (χ1n) is 11.6. The van der Waals surface area contributed by atoms with E-state index in [0.717, 1.165) is 39.0 Å². The molecule has 1 unspecified atom stereocenters. The first kappa shape index (κ1) is 19.9. The lowest BCUT2D eigenvalue weighted by Crippen LogP contribution is -2.44. The molecule has 1 aliphatic carbocycles. The molecule has 0 N–H and O–H groups in total. The van der Waals surface area contributed by atoms with E-state index < -0.39 is 0 Å². The van der Waals surface area contributed by atoms with E-state index in [9.17, 15) is 4.79 Å². The van der Waals surface area contributed by atoms with Gasteiger partial charge in [-0.15, -0.1) is 10.2 Å². The van der Waals surface area contributed by atoms with Gasteiger partial charge in [0.2, 0.25) is 5.91 Å². The quantitative estimate of drug-likeness (QED) is 0.778. The van der Waals surface area contributed by atoms with Crippen LogP contribution in [0.15, 0.2) is 0 Å². The number of fused-ring (bicyclic) bond motifs is 1. The lowest BCUT2D eigenvalue weighted by atomic mass is 9.89. The Balaban J connectivity index is 1.32. The highest BCUT2D eigenvalue weighted by atomic mass is 16.2. The van der Waals surface area contributed by atoms with Crippen LogP contribution >= 0.6 is 0 Å². The summed E-state index contributed by atoms with van der Waals surface area (Å²) in [5.74, 6) is 3.76. The van der Waals surface area contributed by atoms with Crippen molar-refractivity contribution in [3.63, 3.8) is 0 Å². The molecule has 156 valence electrons. The van der Waals surface area contributed by atoms with Gasteiger partial charge in [0.25, 0.3) is 0 Å². The van der Waals surface area contributed by atoms with Gasteiger partial charge in [-0.3, -0.25) is 9.69 Å². The van der Waals surface area contributed by atoms with Crippen LogP contribution in [0.25, 0.3) is 0 Å². The van der Waals surface area contributed by atoms with E-state index in [1.165, 1.54) is 69.4 Å². The van der Waals surface area contributed by atoms with Crippen LogP contribution in [-0.4, -0.2) is 63.7 Å². The molecule has 0 spiro atoms. The van der Waals surface area contributed by atoms with E-state index in [2.05, 4.69) is 19.7 Å². The highest BCUT2D eigenvalue weighted by Gasteiger charge is 2.29. The molecule has 4 rings (SSSR count). The minimum Gasteiger partial charge on any atom is -0.344 e. The fourth-order valence-electron chi connectivity index (χ4n) is 5.39. The van der Waals surface area contributed by atoms with Crippen molar-refractivity contribution in [3.05, 3.63) is 11.6 Å². The molecule has 1 aromatic heterocycles. The van der Waals surface area contributed by atoms with Gasteiger partial charge in [0.15, 0.2) is 0 Å². The number of rotatable bonds is 5. The zero-order valence-corrected chi connectivity index (χ0v) is 17.6. The fraction of sp³-hybridized carbons (Fsp3) is 0.864. The molecular formula is C22H37N5O. The predicted octanol–water partition coefficient (Wildman–Crippen LogP) is 3.22. The van der Waals surface area contributed by atoms with Gasteiger partial charge in [0, 0.05) is 39.0 Å². The van der Waals surface area contributed by atoms with Crippen molar-refractivity contribution in [3.8, 4) is 0 Å². The third-order valence-electron chi connectivity index (χ3n) is 7.05. The Hall–Kier alpha value is -1.43. The van der Waals surface area contributed by atoms with Crippen LogP contribution in [0.4, 0.5) is 0 Å². The third kappa shape index (κ3) is 4.76. The van der Waals surface area contributed by atoms with Gasteiger partial charge in [0.1, 0.15) is 11.6 Å². The fourth-order valence-corrected chi connectivity index (χ4v) is 5.39. The Morgan fingerprint density at radius 1 is 1.00 bits per heavy atom. The normalized spacial score (nSPS) is 24.5. The number of hydrogen-bond acceptors (Lipinski definition) is 4. The number of carbonyl (C=O) groups excluding carboxylic acids is 1. The van der Waals surface area contributed by atoms with Crippen molar-refractivity contribution in [2.24, 2.45) is 5.92 Å². The van der Waals surface area contributed by atoms with E-state index in [0.29, 0.717) is 18.4 Å². The summed E-state index contributed by atoms with van der Waals surface area (Å²) in [6, 6.07) is 0. The molecule has 2 aliphatic heterocycles. The van der Waals surface area contributed by atoms with E-state index in [1.54, 1.807) is 0 Å². The highest BCUT2D eigenvalue weighted by molar-refractivity contribution is 5.78. The molecule has 1 amide bonds. The second kappa shape index (κ2) is 9.38. The van der Waals surface area contributed by atoms with Crippen molar-refractivity contribution in [2.45, 2.75) is 83.1 Å². The van der Waals surface area contributed by atoms with E-state index in [1.807, 2.05) is 11.9 Å². The molecule has 0 aromatic carbocycles. The summed E-state index contributed by atoms with van der Waals surface area (Å²) >= 11 is 0. The molecule has 2 fully saturated rings. The summed E-state index contributed by atoms with van der Waals surface area (Å²) in [5.41, 5.74) is 0. The zero-order valence-electron chi connectivity index (χ0n) is 17.6. The number of nitrogens with zero attached hydrogens (tertiary/aromatic N) is 5. The van der Waals surface area contributed by atoms with Gasteiger partial charge in [-0.1, -0.05) is 25.7 Å². The topological polar surface area (TPSA) is 54.3 Å². The maximum absolute atomic E-state index is 12.8. The van der Waals surface area contributed by atoms with Crippen molar-refractivity contribution in [1.82, 2.24) is 24.6 Å². The molecule has 28 heavy (non-hydrogen) atoms. The first-order chi connectivity index (χ1) is 13.7. The number of aromatic nitrogens is 3. The van der Waals surface area contributed by atoms with E-state index in [4.69, 9.17) is 0 Å². The van der Waals surface area contributed by atoms with Crippen molar-refractivity contribution < 1.29 is 4.79 Å². The Bertz CT molecular complexity index is 651. The summed E-state index contributed by atoms with van der Waals surface area (Å²) < 4.78 is 2.39. The van der Waals surface area contributed by atoms with Gasteiger partial charge in [-0.25, -0.2) is 0 Å². The Morgan fingerprint density at radius 3 is 2.68 bits per heavy atom. The number of amides is 1. The lowest BCUT2D eigenvalue weighted by Gasteiger charge is -2.34. The first-order valence-corrected chi connectivity index (χ1v) is 11.6. The summed E-state index contributed by atoms with van der Waals surface area (Å²) in [6.07, 6.45) is 13.8. The van der Waals surface area contributed by atoms with Crippen molar-refractivity contribution >= 4 is 5.91 Å². The van der Waals surface area contributed by atoms with Crippen molar-refractivity contribution in [1.29, 1.82) is 0 Å². The number of carbonyl (C=O) groups is 1. The maximum Gasteiger partial charge on any atom is 0.236 e. The number of likely N-dealkylation sites (tertiary alicyclic amines) is 1. The SMILES string of the molecule is CN(CC1CCCCC1)C(=O)CN1CCCC(c2nnc3n2CCCCC3)C1. The molecule has 6 nitrogen and oxygen atoms in total. The third-order valence-corrected chi connectivity index (χ3v) is 7.05. The summed E-state index contributed by atoms with van der Waals surface area (Å²) in [6.45, 7) is 4.54. The van der Waals surface area contributed by atoms with Crippen LogP contribution in [-0.2, 0) is 17.8 Å². The van der Waals surface area contributed by atoms with Crippen LogP contribution in [0, 0.1) is 5.92 Å². The van der Waals surface area contributed by atoms with Crippen LogP contribution < -0.4 is 0 Å². The summed E-state index contributed by atoms with van der Waals surface area (Å²) in [5, 5.41) is 9.07. The van der Waals surface area contributed by atoms with Crippen LogP contribution in [0.1, 0.15) is 81.8 Å². The smallest absolute Gasteiger partial charge is 0.236 e. The Labute approximate surface area is 169 Å². The van der Waals surface area contributed by atoms with Crippen molar-refractivity contribution in [2.75, 3.05) is 33.2 Å². The number of hydrogen-bond donors (Lipinski definition) is 0. The standard InChI is InChI=1S/C22H37N5O/c1-25(15-18-9-4-2-5-10-18)21(28)17-26-13-8-11-19(16-26)22-24-23-20-12-6-3-7-14-27(20)22/h18-19H,2-17H2,1H3. The molecule has 1 saturated carbocycles. The largest absolute Gasteiger partial charge is 0.344 e. The predicted molar refractivity (Wildman–Crippen MR) is 110 cm³/mol. The minimum absolute atomic E-state index is 0.284. The summed E-state index contributed by atoms with van der Waals surface area (Å²) in [4.78, 5) is 17.1. The van der Waals surface area contributed by atoms with E-state index in [-0.39, 0.29) is 5.91 Å². The molecule has 3 aliphatic rings. The minimum atomic E-state index is 0.284. The van der Waals surface area contributed by atoms with Crippen LogP contribution in [0.2, 0.25) is 0 Å². The second-order valence-electron chi connectivity index (χ2n) is 9.29. The molecule has 1 saturated heterocycles. The molecule has 1 atom stereocenters. The Kier molecular flexibility index (Phi) is 6.65. The number of piperidine rings is 1. The van der Waals surface area contributed by atoms with Crippen LogP contribution in [0.5, 0.6) is 0 Å². The molecule has 0 radical (unpaired) electrons.